The Morgan fingerprint density at radius 1 is 1.19 bits per heavy atom. The van der Waals surface area contributed by atoms with Crippen LogP contribution in [0.2, 0.25) is 0 Å². The van der Waals surface area contributed by atoms with Crippen molar-refractivity contribution in [3.05, 3.63) is 72.0 Å². The number of carbonyl (C=O) groups is 1. The molecule has 1 aliphatic carbocycles. The lowest BCUT2D eigenvalue weighted by Crippen LogP contribution is -2.42. The highest BCUT2D eigenvalue weighted by molar-refractivity contribution is 6.06. The Hall–Kier alpha value is -2.69. The van der Waals surface area contributed by atoms with Crippen molar-refractivity contribution in [2.24, 2.45) is 4.99 Å². The highest BCUT2D eigenvalue weighted by Crippen LogP contribution is 2.31. The lowest BCUT2D eigenvalue weighted by molar-refractivity contribution is -0.128. The van der Waals surface area contributed by atoms with Gasteiger partial charge in [0.15, 0.2) is 0 Å². The van der Waals surface area contributed by atoms with Crippen LogP contribution >= 0.6 is 0 Å². The first kappa shape index (κ1) is 12.1. The number of halogens is 1. The highest BCUT2D eigenvalue weighted by Gasteiger charge is 2.42. The second kappa shape index (κ2) is 4.41. The Bertz CT molecular complexity index is 730. The van der Waals surface area contributed by atoms with Gasteiger partial charge in [-0.2, -0.15) is 0 Å². The van der Waals surface area contributed by atoms with Crippen molar-refractivity contribution in [1.82, 2.24) is 10.2 Å². The van der Waals surface area contributed by atoms with Gasteiger partial charge < -0.3 is 5.32 Å². The molecule has 21 heavy (non-hydrogen) atoms. The molecule has 0 bridgehead atoms. The van der Waals surface area contributed by atoms with Gasteiger partial charge in [0.1, 0.15) is 17.7 Å². The van der Waals surface area contributed by atoms with E-state index in [0.29, 0.717) is 5.82 Å². The Kier molecular flexibility index (Phi) is 2.54. The summed E-state index contributed by atoms with van der Waals surface area (Å²) in [5.74, 6) is 0.320. The van der Waals surface area contributed by atoms with Crippen LogP contribution in [0, 0.1) is 5.82 Å². The molecule has 1 N–H and O–H groups in total. The topological polar surface area (TPSA) is 44.7 Å². The van der Waals surface area contributed by atoms with E-state index in [9.17, 15) is 9.18 Å². The average Bonchev–Trinajstić information content (AvgIpc) is 2.86. The van der Waals surface area contributed by atoms with Gasteiger partial charge in [0.25, 0.3) is 5.91 Å². The SMILES string of the molecule is O=C1C(c2ccc(F)cc2)NC2=CN=C3C=CC=CC3N12. The average molecular weight is 281 g/mol. The smallest absolute Gasteiger partial charge is 0.256 e. The van der Waals surface area contributed by atoms with Crippen LogP contribution in [-0.2, 0) is 4.79 Å². The van der Waals surface area contributed by atoms with Crippen LogP contribution in [0.3, 0.4) is 0 Å². The second-order valence-corrected chi connectivity index (χ2v) is 5.09. The lowest BCUT2D eigenvalue weighted by atomic mass is 10.0. The number of fused-ring (bicyclic) bond motifs is 3. The minimum Gasteiger partial charge on any atom is -0.355 e. The molecule has 1 aromatic carbocycles. The Morgan fingerprint density at radius 2 is 2.00 bits per heavy atom. The predicted octanol–water partition coefficient (Wildman–Crippen LogP) is 2.05. The van der Waals surface area contributed by atoms with Gasteiger partial charge in [-0.25, -0.2) is 4.39 Å². The number of aliphatic imine (C=N–C) groups is 1. The van der Waals surface area contributed by atoms with Gasteiger partial charge in [0, 0.05) is 0 Å². The summed E-state index contributed by atoms with van der Waals surface area (Å²) in [5, 5.41) is 3.16. The van der Waals surface area contributed by atoms with E-state index in [1.54, 1.807) is 23.2 Å². The molecule has 5 heteroatoms. The van der Waals surface area contributed by atoms with Crippen molar-refractivity contribution in [2.45, 2.75) is 12.1 Å². The van der Waals surface area contributed by atoms with Gasteiger partial charge in [-0.1, -0.05) is 30.4 Å². The number of hydrogen-bond acceptors (Lipinski definition) is 3. The molecular weight excluding hydrogens is 269 g/mol. The number of allylic oxidation sites excluding steroid dienone is 2. The molecule has 2 atom stereocenters. The zero-order valence-corrected chi connectivity index (χ0v) is 11.0. The van der Waals surface area contributed by atoms with Gasteiger partial charge in [0.2, 0.25) is 0 Å². The number of nitrogens with one attached hydrogen (secondary N) is 1. The molecule has 0 radical (unpaired) electrons. The van der Waals surface area contributed by atoms with E-state index in [0.717, 1.165) is 11.3 Å². The van der Waals surface area contributed by atoms with Crippen molar-refractivity contribution in [3.63, 3.8) is 0 Å². The molecule has 3 aliphatic rings. The van der Waals surface area contributed by atoms with Crippen LogP contribution in [-0.4, -0.2) is 22.6 Å². The fraction of sp³-hybridized carbons (Fsp3) is 0.125. The Labute approximate surface area is 121 Å². The zero-order valence-electron chi connectivity index (χ0n) is 11.0. The molecule has 0 saturated carbocycles. The molecule has 2 heterocycles. The monoisotopic (exact) mass is 281 g/mol. The van der Waals surface area contributed by atoms with E-state index in [-0.39, 0.29) is 17.8 Å². The molecule has 0 aromatic heterocycles. The summed E-state index contributed by atoms with van der Waals surface area (Å²) in [6, 6.07) is 5.32. The van der Waals surface area contributed by atoms with Crippen molar-refractivity contribution in [1.29, 1.82) is 0 Å². The molecule has 1 fully saturated rings. The number of rotatable bonds is 1. The van der Waals surface area contributed by atoms with E-state index in [1.807, 2.05) is 24.3 Å². The summed E-state index contributed by atoms with van der Waals surface area (Å²) in [5.41, 5.74) is 1.59. The van der Waals surface area contributed by atoms with Gasteiger partial charge in [-0.05, 0) is 23.8 Å². The van der Waals surface area contributed by atoms with Crippen molar-refractivity contribution < 1.29 is 9.18 Å². The van der Waals surface area contributed by atoms with Gasteiger partial charge in [0.05, 0.1) is 18.0 Å². The number of benzene rings is 1. The maximum atomic E-state index is 13.0. The number of nitrogens with zero attached hydrogens (tertiary/aromatic N) is 2. The summed E-state index contributed by atoms with van der Waals surface area (Å²) in [7, 11) is 0. The maximum Gasteiger partial charge on any atom is 0.256 e. The fourth-order valence-electron chi connectivity index (χ4n) is 2.80. The molecular formula is C16H12FN3O. The first-order valence-corrected chi connectivity index (χ1v) is 6.72. The van der Waals surface area contributed by atoms with Crippen LogP contribution < -0.4 is 5.32 Å². The van der Waals surface area contributed by atoms with E-state index >= 15 is 0 Å². The molecule has 4 rings (SSSR count). The van der Waals surface area contributed by atoms with Crippen molar-refractivity contribution >= 4 is 11.6 Å². The van der Waals surface area contributed by atoms with Gasteiger partial charge in [-0.3, -0.25) is 14.7 Å². The van der Waals surface area contributed by atoms with Crippen LogP contribution in [0.1, 0.15) is 11.6 Å². The van der Waals surface area contributed by atoms with Crippen molar-refractivity contribution in [2.75, 3.05) is 0 Å². The fourth-order valence-corrected chi connectivity index (χ4v) is 2.80. The minimum absolute atomic E-state index is 0.0507. The minimum atomic E-state index is -0.495. The third-order valence-electron chi connectivity index (χ3n) is 3.83. The van der Waals surface area contributed by atoms with Crippen LogP contribution in [0.15, 0.2) is 65.6 Å². The summed E-state index contributed by atoms with van der Waals surface area (Å²) in [6.07, 6.45) is 9.32. The molecule has 2 aliphatic heterocycles. The second-order valence-electron chi connectivity index (χ2n) is 5.09. The third-order valence-corrected chi connectivity index (χ3v) is 3.83. The molecule has 2 unspecified atom stereocenters. The maximum absolute atomic E-state index is 13.0. The predicted molar refractivity (Wildman–Crippen MR) is 76.7 cm³/mol. The van der Waals surface area contributed by atoms with Gasteiger partial charge >= 0.3 is 0 Å². The molecule has 1 saturated heterocycles. The summed E-state index contributed by atoms with van der Waals surface area (Å²) >= 11 is 0. The van der Waals surface area contributed by atoms with Crippen LogP contribution in [0.5, 0.6) is 0 Å². The van der Waals surface area contributed by atoms with Crippen molar-refractivity contribution in [3.8, 4) is 0 Å². The standard InChI is InChI=1S/C16H12FN3O/c17-11-7-5-10(6-8-11)15-16(21)20-13-4-2-1-3-12(13)18-9-14(20)19-15/h1-9,13,15,19H. The lowest BCUT2D eigenvalue weighted by Gasteiger charge is -2.29. The normalized spacial score (nSPS) is 26.0. The third kappa shape index (κ3) is 1.81. The molecule has 4 nitrogen and oxygen atoms in total. The van der Waals surface area contributed by atoms with E-state index in [4.69, 9.17) is 0 Å². The highest BCUT2D eigenvalue weighted by atomic mass is 19.1. The van der Waals surface area contributed by atoms with E-state index < -0.39 is 6.04 Å². The number of amides is 1. The first-order valence-electron chi connectivity index (χ1n) is 6.72. The van der Waals surface area contributed by atoms with Crippen LogP contribution in [0.25, 0.3) is 0 Å². The van der Waals surface area contributed by atoms with Crippen LogP contribution in [0.4, 0.5) is 4.39 Å². The summed E-state index contributed by atoms with van der Waals surface area (Å²) < 4.78 is 13.0. The zero-order chi connectivity index (χ0) is 14.4. The molecule has 1 amide bonds. The first-order chi connectivity index (χ1) is 10.2. The molecule has 104 valence electrons. The van der Waals surface area contributed by atoms with Gasteiger partial charge in [-0.15, -0.1) is 0 Å². The quantitative estimate of drug-likeness (QED) is 0.856. The summed E-state index contributed by atoms with van der Waals surface area (Å²) in [4.78, 5) is 18.8. The molecule has 0 spiro atoms. The Balaban J connectivity index is 1.69. The number of carbonyl (C=O) groups excluding carboxylic acids is 1. The van der Waals surface area contributed by atoms with E-state index in [1.165, 1.54) is 12.1 Å². The summed E-state index contributed by atoms with van der Waals surface area (Å²) in [6.45, 7) is 0. The molecule has 1 aromatic rings. The van der Waals surface area contributed by atoms with E-state index in [2.05, 4.69) is 10.3 Å². The largest absolute Gasteiger partial charge is 0.355 e. The Morgan fingerprint density at radius 3 is 2.81 bits per heavy atom. The number of hydrogen-bond donors (Lipinski definition) is 1.